The van der Waals surface area contributed by atoms with Crippen molar-refractivity contribution in [3.63, 3.8) is 0 Å². The lowest BCUT2D eigenvalue weighted by Gasteiger charge is -2.33. The van der Waals surface area contributed by atoms with Crippen LogP contribution < -0.4 is 10.5 Å². The number of benzene rings is 2. The summed E-state index contributed by atoms with van der Waals surface area (Å²) >= 11 is 0. The monoisotopic (exact) mass is 540 g/mol. The molecule has 2 aromatic carbocycles. The number of allylic oxidation sites excluding steroid dienone is 1. The van der Waals surface area contributed by atoms with Crippen LogP contribution in [0, 0.1) is 28.9 Å². The lowest BCUT2D eigenvalue weighted by molar-refractivity contribution is -0.128. The smallest absolute Gasteiger partial charge is 0.264 e. The fourth-order valence-corrected chi connectivity index (χ4v) is 5.22. The van der Waals surface area contributed by atoms with Gasteiger partial charge in [0, 0.05) is 43.0 Å². The number of hydrogen-bond acceptors (Lipinski definition) is 6. The lowest BCUT2D eigenvalue weighted by Crippen LogP contribution is -2.41. The average molecular weight is 541 g/mol. The van der Waals surface area contributed by atoms with Crippen molar-refractivity contribution in [3.05, 3.63) is 78.3 Å². The third-order valence-electron chi connectivity index (χ3n) is 7.33. The van der Waals surface area contributed by atoms with Crippen molar-refractivity contribution >= 4 is 22.8 Å². The van der Waals surface area contributed by atoms with Gasteiger partial charge in [0.1, 0.15) is 52.6 Å². The summed E-state index contributed by atoms with van der Waals surface area (Å²) in [6.07, 6.45) is 8.88. The molecule has 6 rings (SSSR count). The first-order valence-electron chi connectivity index (χ1n) is 13.2. The second-order valence-electron chi connectivity index (χ2n) is 10.2. The molecule has 1 amide bonds. The summed E-state index contributed by atoms with van der Waals surface area (Å²) in [6.45, 7) is 1.05. The van der Waals surface area contributed by atoms with Crippen LogP contribution in [0.25, 0.3) is 22.2 Å². The summed E-state index contributed by atoms with van der Waals surface area (Å²) in [7, 11) is 0. The number of nitriles is 1. The Morgan fingerprint density at radius 1 is 1.07 bits per heavy atom. The van der Waals surface area contributed by atoms with Gasteiger partial charge in [-0.15, -0.1) is 0 Å². The van der Waals surface area contributed by atoms with Gasteiger partial charge < -0.3 is 19.9 Å². The number of piperidine rings is 1. The summed E-state index contributed by atoms with van der Waals surface area (Å²) in [6, 6.07) is 12.1. The van der Waals surface area contributed by atoms with Crippen LogP contribution in [0.5, 0.6) is 11.5 Å². The van der Waals surface area contributed by atoms with E-state index in [9.17, 15) is 18.8 Å². The molecule has 202 valence electrons. The van der Waals surface area contributed by atoms with Crippen LogP contribution in [-0.4, -0.2) is 38.4 Å². The highest BCUT2D eigenvalue weighted by atomic mass is 19.1. The average Bonchev–Trinajstić information content (AvgIpc) is 3.68. The van der Waals surface area contributed by atoms with E-state index in [2.05, 4.69) is 16.0 Å². The molecule has 1 atom stereocenters. The number of halogens is 2. The Labute approximate surface area is 229 Å². The van der Waals surface area contributed by atoms with Crippen LogP contribution in [0.4, 0.5) is 14.6 Å². The standard InChI is InChI=1S/C30H26F2N6O2/c31-21-11-22(32)13-25(12-21)40-24-7-5-19(6-8-24)26-16-38(29-27(26)28(34)35-17-36-29)23-2-1-9-37(15-23)30(39)20(14-33)10-18-3-4-18/h5-8,10-13,16-18,23H,1-4,9,15H2,(H2,34,35,36)/t23-/m0/s1. The van der Waals surface area contributed by atoms with E-state index in [0.717, 1.165) is 55.0 Å². The molecule has 0 bridgehead atoms. The quantitative estimate of drug-likeness (QED) is 0.245. The number of ether oxygens (including phenoxy) is 1. The van der Waals surface area contributed by atoms with Crippen molar-refractivity contribution in [1.82, 2.24) is 19.4 Å². The molecule has 2 aromatic heterocycles. The van der Waals surface area contributed by atoms with Gasteiger partial charge >= 0.3 is 0 Å². The van der Waals surface area contributed by atoms with Crippen LogP contribution in [0.2, 0.25) is 0 Å². The molecule has 2 aliphatic rings. The molecular formula is C30H26F2N6O2. The first-order chi connectivity index (χ1) is 19.4. The Hall–Kier alpha value is -4.78. The van der Waals surface area contributed by atoms with Crippen molar-refractivity contribution in [3.8, 4) is 28.7 Å². The summed E-state index contributed by atoms with van der Waals surface area (Å²) in [4.78, 5) is 23.6. The normalized spacial score (nSPS) is 17.6. The van der Waals surface area contributed by atoms with Crippen molar-refractivity contribution < 1.29 is 18.3 Å². The van der Waals surface area contributed by atoms with Gasteiger partial charge in [0.15, 0.2) is 0 Å². The molecule has 2 fully saturated rings. The molecule has 1 aliphatic heterocycles. The molecule has 2 N–H and O–H groups in total. The zero-order valence-corrected chi connectivity index (χ0v) is 21.6. The number of likely N-dealkylation sites (tertiary alicyclic amines) is 1. The SMILES string of the molecule is N#CC(=CC1CC1)C(=O)N1CCC[C@H](n2cc(-c3ccc(Oc4cc(F)cc(F)c4)cc3)c3c(N)ncnc32)C1. The van der Waals surface area contributed by atoms with Gasteiger partial charge in [-0.1, -0.05) is 18.2 Å². The lowest BCUT2D eigenvalue weighted by atomic mass is 10.0. The second-order valence-corrected chi connectivity index (χ2v) is 10.2. The van der Waals surface area contributed by atoms with Gasteiger partial charge in [-0.2, -0.15) is 5.26 Å². The molecule has 1 saturated heterocycles. The van der Waals surface area contributed by atoms with E-state index in [1.807, 2.05) is 22.9 Å². The molecule has 8 nitrogen and oxygen atoms in total. The van der Waals surface area contributed by atoms with E-state index in [1.165, 1.54) is 6.33 Å². The Balaban J connectivity index is 1.29. The molecule has 0 spiro atoms. The van der Waals surface area contributed by atoms with Crippen LogP contribution in [0.3, 0.4) is 0 Å². The largest absolute Gasteiger partial charge is 0.457 e. The van der Waals surface area contributed by atoms with E-state index in [1.54, 1.807) is 23.1 Å². The van der Waals surface area contributed by atoms with Crippen LogP contribution >= 0.6 is 0 Å². The van der Waals surface area contributed by atoms with E-state index in [-0.39, 0.29) is 23.3 Å². The number of anilines is 1. The van der Waals surface area contributed by atoms with E-state index in [4.69, 9.17) is 10.5 Å². The maximum Gasteiger partial charge on any atom is 0.264 e. The molecule has 0 radical (unpaired) electrons. The number of fused-ring (bicyclic) bond motifs is 1. The maximum atomic E-state index is 13.6. The van der Waals surface area contributed by atoms with Crippen LogP contribution in [-0.2, 0) is 4.79 Å². The van der Waals surface area contributed by atoms with Gasteiger partial charge in [0.05, 0.1) is 11.4 Å². The molecule has 4 aromatic rings. The number of carbonyl (C=O) groups excluding carboxylic acids is 1. The van der Waals surface area contributed by atoms with Crippen molar-refractivity contribution in [2.45, 2.75) is 31.7 Å². The fraction of sp³-hybridized carbons (Fsp3) is 0.267. The number of carbonyl (C=O) groups is 1. The molecule has 0 unspecified atom stereocenters. The third-order valence-corrected chi connectivity index (χ3v) is 7.33. The predicted octanol–water partition coefficient (Wildman–Crippen LogP) is 5.77. The zero-order valence-electron chi connectivity index (χ0n) is 21.6. The topological polar surface area (TPSA) is 110 Å². The third kappa shape index (κ3) is 5.10. The first kappa shape index (κ1) is 25.5. The maximum absolute atomic E-state index is 13.6. The number of nitrogens with two attached hydrogens (primary N) is 1. The van der Waals surface area contributed by atoms with E-state index in [0.29, 0.717) is 41.6 Å². The van der Waals surface area contributed by atoms with Crippen LogP contribution in [0.1, 0.15) is 31.7 Å². The highest BCUT2D eigenvalue weighted by Gasteiger charge is 2.30. The van der Waals surface area contributed by atoms with E-state index < -0.39 is 11.6 Å². The highest BCUT2D eigenvalue weighted by Crippen LogP contribution is 2.37. The van der Waals surface area contributed by atoms with Crippen molar-refractivity contribution in [2.75, 3.05) is 18.8 Å². The molecular weight excluding hydrogens is 514 g/mol. The number of hydrogen-bond donors (Lipinski definition) is 1. The molecule has 40 heavy (non-hydrogen) atoms. The fourth-order valence-electron chi connectivity index (χ4n) is 5.22. The molecule has 3 heterocycles. The first-order valence-corrected chi connectivity index (χ1v) is 13.2. The number of nitrogens with zero attached hydrogens (tertiary/aromatic N) is 5. The van der Waals surface area contributed by atoms with Gasteiger partial charge in [0.2, 0.25) is 0 Å². The summed E-state index contributed by atoms with van der Waals surface area (Å²) in [5.41, 5.74) is 8.83. The number of nitrogen functional groups attached to an aromatic ring is 1. The Bertz CT molecular complexity index is 1650. The van der Waals surface area contributed by atoms with Gasteiger partial charge in [-0.3, -0.25) is 4.79 Å². The summed E-state index contributed by atoms with van der Waals surface area (Å²) in [5.74, 6) is -0.531. The molecule has 10 heteroatoms. The second kappa shape index (κ2) is 10.4. The van der Waals surface area contributed by atoms with Gasteiger partial charge in [-0.05, 0) is 49.3 Å². The Kier molecular flexibility index (Phi) is 6.64. The van der Waals surface area contributed by atoms with Crippen molar-refractivity contribution in [2.24, 2.45) is 5.92 Å². The number of aromatic nitrogens is 3. The minimum absolute atomic E-state index is 0.0578. The molecule has 1 saturated carbocycles. The van der Waals surface area contributed by atoms with Crippen molar-refractivity contribution in [1.29, 1.82) is 5.26 Å². The van der Waals surface area contributed by atoms with E-state index >= 15 is 0 Å². The highest BCUT2D eigenvalue weighted by molar-refractivity contribution is 6.01. The zero-order chi connectivity index (χ0) is 27.8. The Morgan fingerprint density at radius 2 is 1.82 bits per heavy atom. The number of rotatable bonds is 6. The van der Waals surface area contributed by atoms with Crippen LogP contribution in [0.15, 0.2) is 66.6 Å². The molecule has 1 aliphatic carbocycles. The minimum atomic E-state index is -0.722. The van der Waals surface area contributed by atoms with Gasteiger partial charge in [0.25, 0.3) is 5.91 Å². The predicted molar refractivity (Wildman–Crippen MR) is 145 cm³/mol. The summed E-state index contributed by atoms with van der Waals surface area (Å²) in [5, 5.41) is 10.3. The minimum Gasteiger partial charge on any atom is -0.457 e. The number of amides is 1. The Morgan fingerprint density at radius 3 is 2.52 bits per heavy atom. The van der Waals surface area contributed by atoms with Gasteiger partial charge in [-0.25, -0.2) is 18.7 Å². The summed E-state index contributed by atoms with van der Waals surface area (Å²) < 4.78 is 34.8.